The smallest absolute Gasteiger partial charge is 0.351 e. The lowest BCUT2D eigenvalue weighted by molar-refractivity contribution is -0.136. The number of hydrogen-bond acceptors (Lipinski definition) is 7. The van der Waals surface area contributed by atoms with Crippen LogP contribution >= 0.6 is 15.9 Å². The fourth-order valence-corrected chi connectivity index (χ4v) is 2.74. The fraction of sp³-hybridized carbons (Fsp3) is 0.150. The van der Waals surface area contributed by atoms with Crippen molar-refractivity contribution >= 4 is 38.8 Å². The average molecular weight is 447 g/mol. The monoisotopic (exact) mass is 446 g/mol. The highest BCUT2D eigenvalue weighted by Gasteiger charge is 2.15. The number of ether oxygens (including phenoxy) is 3. The van der Waals surface area contributed by atoms with Crippen LogP contribution in [0.15, 0.2) is 62.2 Å². The minimum Gasteiger partial charge on any atom is -0.482 e. The minimum absolute atomic E-state index is 0.146. The summed E-state index contributed by atoms with van der Waals surface area (Å²) in [5.41, 5.74) is -0.842. The van der Waals surface area contributed by atoms with Gasteiger partial charge >= 0.3 is 17.6 Å². The van der Waals surface area contributed by atoms with E-state index in [1.54, 1.807) is 31.2 Å². The molecule has 0 aliphatic heterocycles. The summed E-state index contributed by atoms with van der Waals surface area (Å²) in [6, 6.07) is 12.9. The predicted molar refractivity (Wildman–Crippen MR) is 104 cm³/mol. The second-order valence-corrected chi connectivity index (χ2v) is 6.50. The summed E-state index contributed by atoms with van der Waals surface area (Å²) >= 11 is 3.31. The van der Waals surface area contributed by atoms with Gasteiger partial charge in [0.15, 0.2) is 6.61 Å². The molecule has 7 nitrogen and oxygen atoms in total. The molecule has 0 N–H and O–H groups in total. The van der Waals surface area contributed by atoms with Crippen LogP contribution in [0.5, 0.6) is 11.5 Å². The fourth-order valence-electron chi connectivity index (χ4n) is 2.37. The van der Waals surface area contributed by atoms with Crippen molar-refractivity contribution in [2.24, 2.45) is 0 Å². The van der Waals surface area contributed by atoms with Gasteiger partial charge in [0.05, 0.1) is 6.61 Å². The summed E-state index contributed by atoms with van der Waals surface area (Å²) in [4.78, 5) is 35.7. The molecular formula is C20H15BrO7. The van der Waals surface area contributed by atoms with E-state index in [0.29, 0.717) is 11.1 Å². The summed E-state index contributed by atoms with van der Waals surface area (Å²) in [6.07, 6.45) is 0. The van der Waals surface area contributed by atoms with Crippen LogP contribution in [0.4, 0.5) is 0 Å². The van der Waals surface area contributed by atoms with Gasteiger partial charge in [-0.15, -0.1) is 0 Å². The Bertz CT molecular complexity index is 1090. The van der Waals surface area contributed by atoms with Crippen LogP contribution in [-0.2, 0) is 9.53 Å². The number of carbonyl (C=O) groups excluding carboxylic acids is 2. The molecule has 144 valence electrons. The van der Waals surface area contributed by atoms with Crippen LogP contribution in [0, 0.1) is 0 Å². The molecule has 1 aromatic heterocycles. The third-order valence-corrected chi connectivity index (χ3v) is 4.08. The van der Waals surface area contributed by atoms with Crippen LogP contribution in [0.3, 0.4) is 0 Å². The van der Waals surface area contributed by atoms with Crippen LogP contribution in [0.2, 0.25) is 0 Å². The second kappa shape index (κ2) is 8.71. The van der Waals surface area contributed by atoms with E-state index in [-0.39, 0.29) is 30.1 Å². The average Bonchev–Trinajstić information content (AvgIpc) is 2.66. The normalized spacial score (nSPS) is 10.5. The number of esters is 2. The Morgan fingerprint density at radius 3 is 2.64 bits per heavy atom. The molecule has 0 aliphatic carbocycles. The lowest BCUT2D eigenvalue weighted by atomic mass is 10.2. The standard InChI is InChI=1S/C20H15BrO7/c1-2-25-19(23)16-8-12-6-7-15(10-17(12)28-20(16)24)27-18(22)11-26-14-5-3-4-13(21)9-14/h3-10H,2,11H2,1H3. The van der Waals surface area contributed by atoms with E-state index in [1.165, 1.54) is 18.2 Å². The lowest BCUT2D eigenvalue weighted by Crippen LogP contribution is -2.18. The van der Waals surface area contributed by atoms with Crippen molar-refractivity contribution in [1.82, 2.24) is 0 Å². The van der Waals surface area contributed by atoms with Gasteiger partial charge in [-0.1, -0.05) is 22.0 Å². The van der Waals surface area contributed by atoms with E-state index in [4.69, 9.17) is 18.6 Å². The van der Waals surface area contributed by atoms with Crippen molar-refractivity contribution in [3.63, 3.8) is 0 Å². The second-order valence-electron chi connectivity index (χ2n) is 5.59. The molecule has 0 saturated heterocycles. The molecule has 28 heavy (non-hydrogen) atoms. The highest BCUT2D eigenvalue weighted by Crippen LogP contribution is 2.21. The number of benzene rings is 2. The highest BCUT2D eigenvalue weighted by atomic mass is 79.9. The molecule has 0 saturated carbocycles. The van der Waals surface area contributed by atoms with E-state index < -0.39 is 17.6 Å². The molecule has 0 aliphatic rings. The zero-order chi connectivity index (χ0) is 20.1. The summed E-state index contributed by atoms with van der Waals surface area (Å²) < 4.78 is 21.3. The zero-order valence-corrected chi connectivity index (χ0v) is 16.4. The van der Waals surface area contributed by atoms with Gasteiger partial charge in [0.1, 0.15) is 22.6 Å². The van der Waals surface area contributed by atoms with Gasteiger partial charge in [0.2, 0.25) is 0 Å². The van der Waals surface area contributed by atoms with Crippen LogP contribution in [0.1, 0.15) is 17.3 Å². The van der Waals surface area contributed by atoms with E-state index in [0.717, 1.165) is 4.47 Å². The van der Waals surface area contributed by atoms with Gasteiger partial charge in [-0.05, 0) is 43.3 Å². The third-order valence-electron chi connectivity index (χ3n) is 3.59. The van der Waals surface area contributed by atoms with E-state index >= 15 is 0 Å². The Morgan fingerprint density at radius 1 is 1.07 bits per heavy atom. The van der Waals surface area contributed by atoms with Crippen LogP contribution in [-0.4, -0.2) is 25.2 Å². The maximum absolute atomic E-state index is 12.0. The number of rotatable bonds is 6. The number of hydrogen-bond donors (Lipinski definition) is 0. The minimum atomic E-state index is -0.826. The largest absolute Gasteiger partial charge is 0.482 e. The highest BCUT2D eigenvalue weighted by molar-refractivity contribution is 9.10. The maximum Gasteiger partial charge on any atom is 0.351 e. The van der Waals surface area contributed by atoms with E-state index in [1.807, 2.05) is 6.07 Å². The molecule has 0 atom stereocenters. The van der Waals surface area contributed by atoms with Crippen LogP contribution < -0.4 is 15.1 Å². The number of carbonyl (C=O) groups is 2. The molecule has 0 unspecified atom stereocenters. The van der Waals surface area contributed by atoms with Gasteiger partial charge in [-0.25, -0.2) is 14.4 Å². The quantitative estimate of drug-likeness (QED) is 0.323. The molecule has 2 aromatic carbocycles. The summed E-state index contributed by atoms with van der Waals surface area (Å²) in [7, 11) is 0. The Morgan fingerprint density at radius 2 is 1.89 bits per heavy atom. The predicted octanol–water partition coefficient (Wildman–Crippen LogP) is 3.72. The first-order chi connectivity index (χ1) is 13.5. The first-order valence-corrected chi connectivity index (χ1v) is 9.09. The van der Waals surface area contributed by atoms with Gasteiger partial charge in [-0.3, -0.25) is 0 Å². The number of fused-ring (bicyclic) bond motifs is 1. The van der Waals surface area contributed by atoms with E-state index in [9.17, 15) is 14.4 Å². The third kappa shape index (κ3) is 4.77. The summed E-state index contributed by atoms with van der Waals surface area (Å²) in [5, 5.41) is 0.493. The maximum atomic E-state index is 12.0. The van der Waals surface area contributed by atoms with Gasteiger partial charge in [-0.2, -0.15) is 0 Å². The SMILES string of the molecule is CCOC(=O)c1cc2ccc(OC(=O)COc3cccc(Br)c3)cc2oc1=O. The summed E-state index contributed by atoms with van der Waals surface area (Å²) in [6.45, 7) is 1.50. The van der Waals surface area contributed by atoms with E-state index in [2.05, 4.69) is 15.9 Å². The summed E-state index contributed by atoms with van der Waals surface area (Å²) in [5.74, 6) is -0.673. The van der Waals surface area contributed by atoms with Crippen molar-refractivity contribution in [2.45, 2.75) is 6.92 Å². The molecule has 0 fully saturated rings. The molecular weight excluding hydrogens is 432 g/mol. The van der Waals surface area contributed by atoms with Crippen molar-refractivity contribution in [2.75, 3.05) is 13.2 Å². The Labute approximate surface area is 167 Å². The Kier molecular flexibility index (Phi) is 6.10. The molecule has 3 rings (SSSR count). The van der Waals surface area contributed by atoms with Crippen LogP contribution in [0.25, 0.3) is 11.0 Å². The molecule has 0 radical (unpaired) electrons. The van der Waals surface area contributed by atoms with Crippen molar-refractivity contribution in [1.29, 1.82) is 0 Å². The van der Waals surface area contributed by atoms with Crippen molar-refractivity contribution in [3.8, 4) is 11.5 Å². The molecule has 3 aromatic rings. The lowest BCUT2D eigenvalue weighted by Gasteiger charge is -2.08. The van der Waals surface area contributed by atoms with Crippen molar-refractivity contribution in [3.05, 3.63) is 69.0 Å². The zero-order valence-electron chi connectivity index (χ0n) is 14.8. The molecule has 8 heteroatoms. The van der Waals surface area contributed by atoms with Gasteiger partial charge in [0.25, 0.3) is 0 Å². The molecule has 0 amide bonds. The van der Waals surface area contributed by atoms with Crippen molar-refractivity contribution < 1.29 is 28.2 Å². The Hall–Kier alpha value is -3.13. The molecule has 1 heterocycles. The van der Waals surface area contributed by atoms with Gasteiger partial charge < -0.3 is 18.6 Å². The Balaban J connectivity index is 1.71. The first-order valence-electron chi connectivity index (χ1n) is 8.30. The molecule has 0 bridgehead atoms. The topological polar surface area (TPSA) is 92.0 Å². The first kappa shape index (κ1) is 19.6. The molecule has 0 spiro atoms. The van der Waals surface area contributed by atoms with Gasteiger partial charge in [0, 0.05) is 15.9 Å². The number of halogens is 1.